The van der Waals surface area contributed by atoms with Gasteiger partial charge in [0.15, 0.2) is 11.6 Å². The molecule has 1 fully saturated rings. The van der Waals surface area contributed by atoms with E-state index in [9.17, 15) is 13.2 Å². The lowest BCUT2D eigenvalue weighted by Gasteiger charge is -2.20. The van der Waals surface area contributed by atoms with Crippen molar-refractivity contribution in [3.05, 3.63) is 60.1 Å². The van der Waals surface area contributed by atoms with E-state index in [-0.39, 0.29) is 36.7 Å². The molecule has 1 saturated carbocycles. The van der Waals surface area contributed by atoms with E-state index in [1.54, 1.807) is 16.9 Å². The van der Waals surface area contributed by atoms with E-state index >= 15 is 0 Å². The third-order valence-corrected chi connectivity index (χ3v) is 6.13. The Bertz CT molecular complexity index is 1310. The summed E-state index contributed by atoms with van der Waals surface area (Å²) in [7, 11) is 0. The van der Waals surface area contributed by atoms with Crippen molar-refractivity contribution < 1.29 is 17.6 Å². The van der Waals surface area contributed by atoms with Crippen LogP contribution in [-0.2, 0) is 6.54 Å². The lowest BCUT2D eigenvalue weighted by atomic mass is 10.1. The molecule has 0 spiro atoms. The van der Waals surface area contributed by atoms with Crippen LogP contribution in [0.2, 0.25) is 0 Å². The molecule has 1 aliphatic rings. The zero-order chi connectivity index (χ0) is 23.9. The second-order valence-corrected chi connectivity index (χ2v) is 8.46. The Kier molecular flexibility index (Phi) is 5.26. The van der Waals surface area contributed by atoms with Crippen LogP contribution in [0.1, 0.15) is 24.0 Å². The number of oxazole rings is 1. The van der Waals surface area contributed by atoms with Crippen LogP contribution < -0.4 is 11.1 Å². The van der Waals surface area contributed by atoms with Crippen LogP contribution >= 0.6 is 0 Å². The first kappa shape index (κ1) is 21.9. The van der Waals surface area contributed by atoms with E-state index < -0.39 is 11.6 Å². The van der Waals surface area contributed by atoms with Gasteiger partial charge in [-0.05, 0) is 30.9 Å². The number of alkyl halides is 3. The number of nitrogen functional groups attached to an aromatic ring is 1. The number of aryl methyl sites for hydroxylation is 1. The van der Waals surface area contributed by atoms with E-state index in [1.165, 1.54) is 12.5 Å². The summed E-state index contributed by atoms with van der Waals surface area (Å²) >= 11 is 0. The maximum Gasteiger partial charge on any atom is 0.396 e. The van der Waals surface area contributed by atoms with Gasteiger partial charge in [-0.1, -0.05) is 24.3 Å². The zero-order valence-corrected chi connectivity index (χ0v) is 18.3. The second kappa shape index (κ2) is 8.15. The number of nitrogens with zero attached hydrogens (tertiary/aromatic N) is 5. The first-order chi connectivity index (χ1) is 16.3. The summed E-state index contributed by atoms with van der Waals surface area (Å²) in [6.45, 7) is 2.23. The first-order valence-electron chi connectivity index (χ1n) is 10.7. The van der Waals surface area contributed by atoms with Gasteiger partial charge in [-0.25, -0.2) is 15.0 Å². The third kappa shape index (κ3) is 4.09. The Balaban J connectivity index is 1.42. The predicted octanol–water partition coefficient (Wildman–Crippen LogP) is 4.69. The van der Waals surface area contributed by atoms with Crippen LogP contribution in [0, 0.1) is 12.3 Å². The lowest BCUT2D eigenvalue weighted by molar-refractivity contribution is -0.182. The van der Waals surface area contributed by atoms with Gasteiger partial charge in [0.25, 0.3) is 0 Å². The highest BCUT2D eigenvalue weighted by molar-refractivity contribution is 5.66. The van der Waals surface area contributed by atoms with Gasteiger partial charge < -0.3 is 15.5 Å². The smallest absolute Gasteiger partial charge is 0.396 e. The van der Waals surface area contributed by atoms with Crippen LogP contribution in [-0.4, -0.2) is 37.5 Å². The van der Waals surface area contributed by atoms with E-state index in [0.717, 1.165) is 11.1 Å². The highest BCUT2D eigenvalue weighted by Crippen LogP contribution is 2.57. The maximum atomic E-state index is 13.2. The number of halogens is 3. The quantitative estimate of drug-likeness (QED) is 0.404. The molecule has 3 heterocycles. The van der Waals surface area contributed by atoms with Gasteiger partial charge in [0.05, 0.1) is 30.0 Å². The molecule has 3 N–H and O–H groups in total. The molecule has 0 unspecified atom stereocenters. The minimum atomic E-state index is -4.25. The van der Waals surface area contributed by atoms with Crippen LogP contribution in [0.15, 0.2) is 53.4 Å². The average Bonchev–Trinajstić information content (AvgIpc) is 3.22. The fourth-order valence-corrected chi connectivity index (χ4v) is 3.75. The third-order valence-electron chi connectivity index (χ3n) is 6.13. The Labute approximate surface area is 193 Å². The minimum absolute atomic E-state index is 0.0501. The first-order valence-corrected chi connectivity index (χ1v) is 10.7. The molecule has 0 bridgehead atoms. The molecule has 0 amide bonds. The summed E-state index contributed by atoms with van der Waals surface area (Å²) in [4.78, 5) is 12.8. The van der Waals surface area contributed by atoms with Crippen LogP contribution in [0.3, 0.4) is 0 Å². The van der Waals surface area contributed by atoms with Crippen molar-refractivity contribution in [3.63, 3.8) is 0 Å². The Morgan fingerprint density at radius 3 is 2.65 bits per heavy atom. The van der Waals surface area contributed by atoms with Crippen LogP contribution in [0.25, 0.3) is 23.1 Å². The number of hydrogen-bond acceptors (Lipinski definition) is 7. The number of anilines is 2. The normalized spacial score (nSPS) is 14.8. The number of nitrogens with two attached hydrogens (primary N) is 1. The zero-order valence-electron chi connectivity index (χ0n) is 18.3. The molecule has 1 aromatic carbocycles. The van der Waals surface area contributed by atoms with E-state index in [4.69, 9.17) is 10.2 Å². The lowest BCUT2D eigenvalue weighted by Crippen LogP contribution is -2.31. The van der Waals surface area contributed by atoms with Gasteiger partial charge in [-0.15, -0.1) is 0 Å². The number of nitrogens with one attached hydrogen (secondary N) is 1. The molecule has 0 radical (unpaired) electrons. The Hall–Kier alpha value is -3.89. The van der Waals surface area contributed by atoms with Gasteiger partial charge >= 0.3 is 6.18 Å². The van der Waals surface area contributed by atoms with E-state index in [0.29, 0.717) is 23.8 Å². The summed E-state index contributed by atoms with van der Waals surface area (Å²) in [6.07, 6.45) is 0.352. The van der Waals surface area contributed by atoms with Crippen molar-refractivity contribution >= 4 is 11.5 Å². The van der Waals surface area contributed by atoms with Gasteiger partial charge in [-0.3, -0.25) is 4.68 Å². The SMILES string of the molecule is Cc1ccccc1Cn1nc(-c2ncc(NCC3(C(F)(F)F)CC3)c(N)n2)cc1-c1ncco1. The highest BCUT2D eigenvalue weighted by Gasteiger charge is 2.62. The molecular formula is C23H22F3N7O. The predicted molar refractivity (Wildman–Crippen MR) is 120 cm³/mol. The minimum Gasteiger partial charge on any atom is -0.443 e. The number of rotatable bonds is 7. The molecule has 5 rings (SSSR count). The fraction of sp³-hybridized carbons (Fsp3) is 0.304. The van der Waals surface area contributed by atoms with E-state index in [1.807, 2.05) is 31.2 Å². The summed E-state index contributed by atoms with van der Waals surface area (Å²) in [5, 5.41) is 7.40. The van der Waals surface area contributed by atoms with Crippen LogP contribution in [0.5, 0.6) is 0 Å². The second-order valence-electron chi connectivity index (χ2n) is 8.46. The average molecular weight is 469 g/mol. The molecule has 0 aliphatic heterocycles. The topological polar surface area (TPSA) is 108 Å². The number of benzene rings is 1. The van der Waals surface area contributed by atoms with E-state index in [2.05, 4.69) is 25.4 Å². The van der Waals surface area contributed by atoms with Gasteiger partial charge in [0.1, 0.15) is 17.7 Å². The largest absolute Gasteiger partial charge is 0.443 e. The Morgan fingerprint density at radius 2 is 2.00 bits per heavy atom. The molecule has 0 atom stereocenters. The van der Waals surface area contributed by atoms with Gasteiger partial charge in [0.2, 0.25) is 5.89 Å². The van der Waals surface area contributed by atoms with Crippen molar-refractivity contribution in [2.45, 2.75) is 32.5 Å². The van der Waals surface area contributed by atoms with Crippen molar-refractivity contribution in [1.82, 2.24) is 24.7 Å². The summed E-state index contributed by atoms with van der Waals surface area (Å²) in [5.74, 6) is 0.686. The molecule has 8 nitrogen and oxygen atoms in total. The molecule has 1 aliphatic carbocycles. The highest BCUT2D eigenvalue weighted by atomic mass is 19.4. The molecule has 11 heteroatoms. The molecule has 3 aromatic heterocycles. The molecule has 34 heavy (non-hydrogen) atoms. The summed E-state index contributed by atoms with van der Waals surface area (Å²) in [6, 6.07) is 9.70. The monoisotopic (exact) mass is 469 g/mol. The molecule has 176 valence electrons. The number of aromatic nitrogens is 5. The molecule has 0 saturated heterocycles. The molecular weight excluding hydrogens is 447 g/mol. The summed E-state index contributed by atoms with van der Waals surface area (Å²) < 4.78 is 46.8. The van der Waals surface area contributed by atoms with Crippen LogP contribution in [0.4, 0.5) is 24.7 Å². The van der Waals surface area contributed by atoms with Crippen molar-refractivity contribution in [3.8, 4) is 23.1 Å². The Morgan fingerprint density at radius 1 is 1.21 bits per heavy atom. The number of hydrogen-bond donors (Lipinski definition) is 2. The molecule has 4 aromatic rings. The standard InChI is InChI=1S/C23H22F3N7O/c1-14-4-2-3-5-15(14)12-33-18(21-28-8-9-34-21)10-16(32-33)20-29-11-17(19(27)31-20)30-13-22(6-7-22)23(24,25)26/h2-5,8-11,30H,6-7,12-13H2,1H3,(H2,27,29,31). The van der Waals surface area contributed by atoms with Crippen molar-refractivity contribution in [2.75, 3.05) is 17.6 Å². The van der Waals surface area contributed by atoms with Gasteiger partial charge in [0, 0.05) is 12.6 Å². The fourth-order valence-electron chi connectivity index (χ4n) is 3.75. The van der Waals surface area contributed by atoms with Crippen molar-refractivity contribution in [1.29, 1.82) is 0 Å². The maximum absolute atomic E-state index is 13.2. The van der Waals surface area contributed by atoms with Crippen molar-refractivity contribution in [2.24, 2.45) is 5.41 Å². The summed E-state index contributed by atoms with van der Waals surface area (Å²) in [5.41, 5.74) is 7.86. The van der Waals surface area contributed by atoms with Gasteiger partial charge in [-0.2, -0.15) is 18.3 Å².